The lowest BCUT2D eigenvalue weighted by Crippen LogP contribution is -2.25. The van der Waals surface area contributed by atoms with Crippen molar-refractivity contribution in [2.24, 2.45) is 5.92 Å². The lowest BCUT2D eigenvalue weighted by molar-refractivity contribution is -0.137. The number of carboxylic acid groups (broad SMARTS) is 1. The summed E-state index contributed by atoms with van der Waals surface area (Å²) in [6, 6.07) is 3.41. The number of rotatable bonds is 7. The van der Waals surface area contributed by atoms with Gasteiger partial charge in [0, 0.05) is 19.2 Å². The van der Waals surface area contributed by atoms with Gasteiger partial charge in [-0.3, -0.25) is 9.59 Å². The van der Waals surface area contributed by atoms with Crippen LogP contribution in [0, 0.1) is 5.92 Å². The van der Waals surface area contributed by atoms with Crippen molar-refractivity contribution < 1.29 is 14.7 Å². The fraction of sp³-hybridized carbons (Fsp3) is 0.462. The van der Waals surface area contributed by atoms with Crippen LogP contribution in [-0.4, -0.2) is 28.5 Å². The molecule has 1 aromatic heterocycles. The minimum atomic E-state index is -0.781. The van der Waals surface area contributed by atoms with Gasteiger partial charge in [-0.25, -0.2) is 4.98 Å². The smallest absolute Gasteiger partial charge is 0.303 e. The first-order valence-corrected chi connectivity index (χ1v) is 6.90. The van der Waals surface area contributed by atoms with Crippen LogP contribution < -0.4 is 5.32 Å². The molecule has 0 spiro atoms. The van der Waals surface area contributed by atoms with Gasteiger partial charge in [0.25, 0.3) is 5.91 Å². The van der Waals surface area contributed by atoms with E-state index < -0.39 is 5.97 Å². The molecule has 104 valence electrons. The van der Waals surface area contributed by atoms with Crippen molar-refractivity contribution in [3.05, 3.63) is 28.5 Å². The summed E-state index contributed by atoms with van der Waals surface area (Å²) < 4.78 is 0.686. The van der Waals surface area contributed by atoms with Crippen LogP contribution in [0.4, 0.5) is 0 Å². The van der Waals surface area contributed by atoms with E-state index in [1.807, 2.05) is 6.92 Å². The molecular formula is C13H17BrN2O3. The van der Waals surface area contributed by atoms with Crippen molar-refractivity contribution in [3.63, 3.8) is 0 Å². The topological polar surface area (TPSA) is 79.3 Å². The maximum Gasteiger partial charge on any atom is 0.303 e. The number of halogens is 1. The lowest BCUT2D eigenvalue weighted by Gasteiger charge is -2.10. The van der Waals surface area contributed by atoms with Crippen LogP contribution in [0.2, 0.25) is 0 Å². The second-order valence-electron chi connectivity index (χ2n) is 4.45. The Hall–Kier alpha value is -1.43. The quantitative estimate of drug-likeness (QED) is 0.753. The first-order valence-electron chi connectivity index (χ1n) is 6.10. The highest BCUT2D eigenvalue weighted by Crippen LogP contribution is 2.10. The van der Waals surface area contributed by atoms with Crippen molar-refractivity contribution in [1.29, 1.82) is 0 Å². The monoisotopic (exact) mass is 328 g/mol. The molecule has 0 saturated heterocycles. The van der Waals surface area contributed by atoms with E-state index in [0.29, 0.717) is 23.1 Å². The van der Waals surface area contributed by atoms with Gasteiger partial charge in [0.1, 0.15) is 4.60 Å². The number of carbonyl (C=O) groups is 2. The van der Waals surface area contributed by atoms with Crippen LogP contribution in [0.25, 0.3) is 0 Å². The Bertz CT molecular complexity index is 434. The van der Waals surface area contributed by atoms with Crippen LogP contribution >= 0.6 is 15.9 Å². The van der Waals surface area contributed by atoms with Gasteiger partial charge in [0.05, 0.1) is 5.56 Å². The Morgan fingerprint density at radius 3 is 2.74 bits per heavy atom. The number of carbonyl (C=O) groups excluding carboxylic acids is 1. The number of hydrogen-bond acceptors (Lipinski definition) is 3. The fourth-order valence-electron chi connectivity index (χ4n) is 1.56. The zero-order valence-electron chi connectivity index (χ0n) is 10.7. The molecule has 5 nitrogen and oxygen atoms in total. The number of aromatic nitrogens is 1. The average molecular weight is 329 g/mol. The highest BCUT2D eigenvalue weighted by atomic mass is 79.9. The minimum absolute atomic E-state index is 0.162. The van der Waals surface area contributed by atoms with Gasteiger partial charge in [0.2, 0.25) is 0 Å². The van der Waals surface area contributed by atoms with Gasteiger partial charge in [-0.1, -0.05) is 6.92 Å². The fourth-order valence-corrected chi connectivity index (χ4v) is 1.79. The molecule has 0 aliphatic heterocycles. The van der Waals surface area contributed by atoms with E-state index in [-0.39, 0.29) is 18.2 Å². The van der Waals surface area contributed by atoms with E-state index in [2.05, 4.69) is 26.2 Å². The molecular weight excluding hydrogens is 312 g/mol. The molecule has 1 heterocycles. The van der Waals surface area contributed by atoms with Gasteiger partial charge in [0.15, 0.2) is 0 Å². The predicted octanol–water partition coefficient (Wildman–Crippen LogP) is 2.46. The second-order valence-corrected chi connectivity index (χ2v) is 5.26. The summed E-state index contributed by atoms with van der Waals surface area (Å²) in [7, 11) is 0. The van der Waals surface area contributed by atoms with Crippen LogP contribution in [0.1, 0.15) is 36.5 Å². The number of pyridine rings is 1. The molecule has 1 unspecified atom stereocenters. The molecule has 1 rings (SSSR count). The van der Waals surface area contributed by atoms with E-state index in [0.717, 1.165) is 6.42 Å². The number of hydrogen-bond donors (Lipinski definition) is 2. The zero-order valence-corrected chi connectivity index (χ0v) is 12.3. The molecule has 2 N–H and O–H groups in total. The normalized spacial score (nSPS) is 11.9. The molecule has 0 aromatic carbocycles. The van der Waals surface area contributed by atoms with E-state index in [1.165, 1.54) is 6.20 Å². The SMILES string of the molecule is CC(CCNC(=O)c1ccc(Br)nc1)CCC(=O)O. The summed E-state index contributed by atoms with van der Waals surface area (Å²) >= 11 is 3.20. The number of nitrogens with zero attached hydrogens (tertiary/aromatic N) is 1. The van der Waals surface area contributed by atoms with Crippen LogP contribution in [0.3, 0.4) is 0 Å². The van der Waals surface area contributed by atoms with Crippen LogP contribution in [0.5, 0.6) is 0 Å². The molecule has 0 radical (unpaired) electrons. The molecule has 0 aliphatic rings. The largest absolute Gasteiger partial charge is 0.481 e. The molecule has 1 atom stereocenters. The Morgan fingerprint density at radius 1 is 1.42 bits per heavy atom. The Balaban J connectivity index is 2.27. The zero-order chi connectivity index (χ0) is 14.3. The Kier molecular flexibility index (Phi) is 6.49. The summed E-state index contributed by atoms with van der Waals surface area (Å²) in [6.07, 6.45) is 3.08. The van der Waals surface area contributed by atoms with Crippen molar-refractivity contribution in [1.82, 2.24) is 10.3 Å². The van der Waals surface area contributed by atoms with E-state index >= 15 is 0 Å². The Morgan fingerprint density at radius 2 is 2.16 bits per heavy atom. The molecule has 19 heavy (non-hydrogen) atoms. The van der Waals surface area contributed by atoms with E-state index in [4.69, 9.17) is 5.11 Å². The maximum absolute atomic E-state index is 11.7. The van der Waals surface area contributed by atoms with Gasteiger partial charge >= 0.3 is 5.97 Å². The lowest BCUT2D eigenvalue weighted by atomic mass is 10.0. The number of carboxylic acids is 1. The minimum Gasteiger partial charge on any atom is -0.481 e. The average Bonchev–Trinajstić information content (AvgIpc) is 2.37. The third-order valence-electron chi connectivity index (χ3n) is 2.76. The molecule has 1 amide bonds. The summed E-state index contributed by atoms with van der Waals surface area (Å²) in [4.78, 5) is 26.1. The first kappa shape index (κ1) is 15.6. The molecule has 1 aromatic rings. The summed E-state index contributed by atoms with van der Waals surface area (Å²) in [6.45, 7) is 2.52. The summed E-state index contributed by atoms with van der Waals surface area (Å²) in [5.74, 6) is -0.665. The highest BCUT2D eigenvalue weighted by Gasteiger charge is 2.08. The second kappa shape index (κ2) is 7.89. The molecule has 6 heteroatoms. The predicted molar refractivity (Wildman–Crippen MR) is 74.9 cm³/mol. The van der Waals surface area contributed by atoms with Gasteiger partial charge in [-0.2, -0.15) is 0 Å². The molecule has 0 fully saturated rings. The number of nitrogens with one attached hydrogen (secondary N) is 1. The third kappa shape index (κ3) is 6.33. The van der Waals surface area contributed by atoms with Crippen molar-refractivity contribution >= 4 is 27.8 Å². The number of aliphatic carboxylic acids is 1. The molecule has 0 bridgehead atoms. The molecule has 0 aliphatic carbocycles. The summed E-state index contributed by atoms with van der Waals surface area (Å²) in [5.41, 5.74) is 0.515. The van der Waals surface area contributed by atoms with Crippen molar-refractivity contribution in [2.45, 2.75) is 26.2 Å². The van der Waals surface area contributed by atoms with Gasteiger partial charge in [-0.05, 0) is 46.8 Å². The van der Waals surface area contributed by atoms with Crippen molar-refractivity contribution in [3.8, 4) is 0 Å². The first-order chi connectivity index (χ1) is 8.99. The standard InChI is InChI=1S/C13H17BrN2O3/c1-9(2-5-12(17)18)6-7-15-13(19)10-3-4-11(14)16-8-10/h3-4,8-9H,2,5-7H2,1H3,(H,15,19)(H,17,18). The van der Waals surface area contributed by atoms with E-state index in [9.17, 15) is 9.59 Å². The van der Waals surface area contributed by atoms with Crippen LogP contribution in [0.15, 0.2) is 22.9 Å². The van der Waals surface area contributed by atoms with Gasteiger partial charge in [-0.15, -0.1) is 0 Å². The van der Waals surface area contributed by atoms with Gasteiger partial charge < -0.3 is 10.4 Å². The Labute approximate surface area is 120 Å². The summed E-state index contributed by atoms with van der Waals surface area (Å²) in [5, 5.41) is 11.4. The number of amides is 1. The highest BCUT2D eigenvalue weighted by molar-refractivity contribution is 9.10. The van der Waals surface area contributed by atoms with E-state index in [1.54, 1.807) is 12.1 Å². The maximum atomic E-state index is 11.7. The van der Waals surface area contributed by atoms with Crippen LogP contribution in [-0.2, 0) is 4.79 Å². The third-order valence-corrected chi connectivity index (χ3v) is 3.23. The van der Waals surface area contributed by atoms with Crippen molar-refractivity contribution in [2.75, 3.05) is 6.54 Å². The molecule has 0 saturated carbocycles.